The molecule has 4 rings (SSSR count). The zero-order valence-corrected chi connectivity index (χ0v) is 16.9. The van der Waals surface area contributed by atoms with Crippen molar-refractivity contribution < 1.29 is 9.53 Å². The molecule has 1 N–H and O–H groups in total. The number of aryl methyl sites for hydroxylation is 1. The molecule has 0 saturated carbocycles. The Morgan fingerprint density at radius 3 is 2.33 bits per heavy atom. The average Bonchev–Trinajstić information content (AvgIpc) is 2.80. The number of nitrogens with one attached hydrogen (secondary N) is 1. The lowest BCUT2D eigenvalue weighted by Crippen LogP contribution is -2.47. The number of carbonyl (C=O) groups is 1. The summed E-state index contributed by atoms with van der Waals surface area (Å²) in [6.07, 6.45) is 4.70. The highest BCUT2D eigenvalue weighted by atomic mass is 16.5. The Hall–Kier alpha value is -3.75. The van der Waals surface area contributed by atoms with E-state index < -0.39 is 0 Å². The number of anilines is 3. The topological polar surface area (TPSA) is 96.4 Å². The van der Waals surface area contributed by atoms with Crippen molar-refractivity contribution in [3.63, 3.8) is 0 Å². The lowest BCUT2D eigenvalue weighted by Gasteiger charge is -2.35. The molecule has 1 fully saturated rings. The molecule has 0 bridgehead atoms. The third-order valence-electron chi connectivity index (χ3n) is 4.86. The minimum absolute atomic E-state index is 0.277. The number of ether oxygens (including phenoxy) is 1. The number of hydrogen-bond donors (Lipinski definition) is 1. The molecule has 0 radical (unpaired) electrons. The van der Waals surface area contributed by atoms with E-state index in [0.717, 1.165) is 37.7 Å². The zero-order valence-electron chi connectivity index (χ0n) is 16.9. The first-order chi connectivity index (χ1) is 14.6. The van der Waals surface area contributed by atoms with Gasteiger partial charge in [0.2, 0.25) is 11.8 Å². The summed E-state index contributed by atoms with van der Waals surface area (Å²) in [4.78, 5) is 34.2. The quantitative estimate of drug-likeness (QED) is 0.690. The van der Waals surface area contributed by atoms with Crippen LogP contribution < -0.4 is 19.9 Å². The van der Waals surface area contributed by atoms with Gasteiger partial charge in [0, 0.05) is 44.1 Å². The normalized spacial score (nSPS) is 13.8. The zero-order chi connectivity index (χ0) is 20.9. The van der Waals surface area contributed by atoms with Gasteiger partial charge in [0.05, 0.1) is 30.8 Å². The second-order valence-corrected chi connectivity index (χ2v) is 6.93. The second-order valence-electron chi connectivity index (χ2n) is 6.93. The SMILES string of the molecule is COc1ccc(C(=O)Nc2cnc(N3CCN(c4cccc(C)n4)CC3)nc2)cn1. The minimum Gasteiger partial charge on any atom is -0.481 e. The Morgan fingerprint density at radius 1 is 0.967 bits per heavy atom. The highest BCUT2D eigenvalue weighted by molar-refractivity contribution is 6.03. The maximum atomic E-state index is 12.3. The van der Waals surface area contributed by atoms with Crippen LogP contribution in [0.3, 0.4) is 0 Å². The van der Waals surface area contributed by atoms with Gasteiger partial charge in [0.15, 0.2) is 0 Å². The van der Waals surface area contributed by atoms with Gasteiger partial charge >= 0.3 is 0 Å². The minimum atomic E-state index is -0.277. The third kappa shape index (κ3) is 4.45. The molecule has 154 valence electrons. The van der Waals surface area contributed by atoms with E-state index in [-0.39, 0.29) is 5.91 Å². The average molecular weight is 405 g/mol. The van der Waals surface area contributed by atoms with Crippen LogP contribution in [0.4, 0.5) is 17.5 Å². The maximum Gasteiger partial charge on any atom is 0.257 e. The van der Waals surface area contributed by atoms with Crippen LogP contribution in [0, 0.1) is 6.92 Å². The molecule has 0 atom stereocenters. The van der Waals surface area contributed by atoms with Gasteiger partial charge in [-0.25, -0.2) is 19.9 Å². The Labute approximate surface area is 174 Å². The van der Waals surface area contributed by atoms with Crippen molar-refractivity contribution in [2.75, 3.05) is 48.4 Å². The summed E-state index contributed by atoms with van der Waals surface area (Å²) in [6.45, 7) is 5.31. The summed E-state index contributed by atoms with van der Waals surface area (Å²) in [7, 11) is 1.53. The molecule has 1 aliphatic rings. The number of piperazine rings is 1. The van der Waals surface area contributed by atoms with Crippen LogP contribution >= 0.6 is 0 Å². The summed E-state index contributed by atoms with van der Waals surface area (Å²) < 4.78 is 5.00. The monoisotopic (exact) mass is 405 g/mol. The largest absolute Gasteiger partial charge is 0.481 e. The van der Waals surface area contributed by atoms with Crippen LogP contribution in [0.2, 0.25) is 0 Å². The first kappa shape index (κ1) is 19.6. The van der Waals surface area contributed by atoms with Crippen molar-refractivity contribution in [3.8, 4) is 5.88 Å². The molecule has 9 nitrogen and oxygen atoms in total. The van der Waals surface area contributed by atoms with Crippen molar-refractivity contribution >= 4 is 23.4 Å². The molecule has 30 heavy (non-hydrogen) atoms. The van der Waals surface area contributed by atoms with E-state index in [1.54, 1.807) is 24.5 Å². The molecule has 3 aromatic heterocycles. The predicted octanol–water partition coefficient (Wildman–Crippen LogP) is 2.16. The van der Waals surface area contributed by atoms with Crippen LogP contribution in [0.5, 0.6) is 5.88 Å². The molecule has 3 aromatic rings. The van der Waals surface area contributed by atoms with Crippen LogP contribution in [-0.4, -0.2) is 59.1 Å². The summed E-state index contributed by atoms with van der Waals surface area (Å²) >= 11 is 0. The number of rotatable bonds is 5. The lowest BCUT2D eigenvalue weighted by molar-refractivity contribution is 0.102. The third-order valence-corrected chi connectivity index (χ3v) is 4.86. The Kier molecular flexibility index (Phi) is 5.69. The molecule has 4 heterocycles. The molecular formula is C21H23N7O2. The first-order valence-corrected chi connectivity index (χ1v) is 9.69. The van der Waals surface area contributed by atoms with Crippen LogP contribution in [0.25, 0.3) is 0 Å². The Balaban J connectivity index is 1.34. The molecule has 0 spiro atoms. The van der Waals surface area contributed by atoms with Gasteiger partial charge in [0.25, 0.3) is 5.91 Å². The fraction of sp³-hybridized carbons (Fsp3) is 0.286. The predicted molar refractivity (Wildman–Crippen MR) is 114 cm³/mol. The van der Waals surface area contributed by atoms with Gasteiger partial charge in [-0.15, -0.1) is 0 Å². The van der Waals surface area contributed by atoms with E-state index in [4.69, 9.17) is 4.74 Å². The molecule has 0 aliphatic carbocycles. The molecule has 0 aromatic carbocycles. The Morgan fingerprint density at radius 2 is 1.70 bits per heavy atom. The van der Waals surface area contributed by atoms with Crippen molar-refractivity contribution in [2.45, 2.75) is 6.92 Å². The number of hydrogen-bond acceptors (Lipinski definition) is 8. The second kappa shape index (κ2) is 8.73. The lowest BCUT2D eigenvalue weighted by atomic mass is 10.2. The summed E-state index contributed by atoms with van der Waals surface area (Å²) in [5.41, 5.74) is 1.98. The number of pyridine rings is 2. The van der Waals surface area contributed by atoms with Gasteiger partial charge in [-0.2, -0.15) is 0 Å². The highest BCUT2D eigenvalue weighted by Gasteiger charge is 2.20. The molecule has 9 heteroatoms. The molecular weight excluding hydrogens is 382 g/mol. The Bertz CT molecular complexity index is 1000. The van der Waals surface area contributed by atoms with E-state index in [9.17, 15) is 4.79 Å². The van der Waals surface area contributed by atoms with Gasteiger partial charge in [-0.3, -0.25) is 4.79 Å². The van der Waals surface area contributed by atoms with Crippen LogP contribution in [0.1, 0.15) is 16.1 Å². The molecule has 1 saturated heterocycles. The van der Waals surface area contributed by atoms with E-state index in [1.165, 1.54) is 13.3 Å². The van der Waals surface area contributed by atoms with E-state index in [1.807, 2.05) is 25.1 Å². The number of nitrogens with zero attached hydrogens (tertiary/aromatic N) is 6. The number of methoxy groups -OCH3 is 1. The van der Waals surface area contributed by atoms with Crippen LogP contribution in [-0.2, 0) is 0 Å². The van der Waals surface area contributed by atoms with Crippen molar-refractivity contribution in [2.24, 2.45) is 0 Å². The standard InChI is InChI=1S/C21H23N7O2/c1-15-4-3-5-18(25-15)27-8-10-28(11-9-27)21-23-13-17(14-24-21)26-20(29)16-6-7-19(30-2)22-12-16/h3-7,12-14H,8-11H2,1-2H3,(H,26,29). The van der Waals surface area contributed by atoms with Crippen molar-refractivity contribution in [1.82, 2.24) is 19.9 Å². The van der Waals surface area contributed by atoms with Crippen molar-refractivity contribution in [1.29, 1.82) is 0 Å². The summed E-state index contributed by atoms with van der Waals surface area (Å²) in [5.74, 6) is 1.83. The number of carbonyl (C=O) groups excluding carboxylic acids is 1. The molecule has 1 aliphatic heterocycles. The van der Waals surface area contributed by atoms with E-state index >= 15 is 0 Å². The van der Waals surface area contributed by atoms with Crippen LogP contribution in [0.15, 0.2) is 48.9 Å². The fourth-order valence-corrected chi connectivity index (χ4v) is 3.23. The van der Waals surface area contributed by atoms with Gasteiger partial charge in [-0.05, 0) is 25.1 Å². The fourth-order valence-electron chi connectivity index (χ4n) is 3.23. The number of aromatic nitrogens is 4. The van der Waals surface area contributed by atoms with Gasteiger partial charge < -0.3 is 19.9 Å². The summed E-state index contributed by atoms with van der Waals surface area (Å²) in [6, 6.07) is 9.36. The van der Waals surface area contributed by atoms with Gasteiger partial charge in [0.1, 0.15) is 5.82 Å². The molecule has 0 unspecified atom stereocenters. The van der Waals surface area contributed by atoms with E-state index in [0.29, 0.717) is 23.1 Å². The first-order valence-electron chi connectivity index (χ1n) is 9.69. The molecule has 1 amide bonds. The highest BCUT2D eigenvalue weighted by Crippen LogP contribution is 2.18. The summed E-state index contributed by atoms with van der Waals surface area (Å²) in [5, 5.41) is 2.78. The number of amides is 1. The maximum absolute atomic E-state index is 12.3. The van der Waals surface area contributed by atoms with E-state index in [2.05, 4.69) is 35.1 Å². The van der Waals surface area contributed by atoms with Crippen molar-refractivity contribution in [3.05, 3.63) is 60.2 Å². The van der Waals surface area contributed by atoms with Gasteiger partial charge in [-0.1, -0.05) is 6.07 Å². The smallest absolute Gasteiger partial charge is 0.257 e.